The lowest BCUT2D eigenvalue weighted by Crippen LogP contribution is -1.98. The molecule has 0 aliphatic rings. The van der Waals surface area contributed by atoms with Gasteiger partial charge < -0.3 is 9.13 Å². The normalized spacial score (nSPS) is 12.1. The zero-order valence-corrected chi connectivity index (χ0v) is 21.8. The van der Waals surface area contributed by atoms with Crippen LogP contribution in [0.25, 0.3) is 75.2 Å². The zero-order valence-electron chi connectivity index (χ0n) is 21.0. The maximum atomic E-state index is 2.44. The Kier molecular flexibility index (Phi) is 4.24. The first-order valence-corrected chi connectivity index (χ1v) is 14.1. The van der Waals surface area contributed by atoms with Gasteiger partial charge in [0.05, 0.1) is 22.1 Å². The van der Waals surface area contributed by atoms with Crippen LogP contribution in [0.15, 0.2) is 133 Å². The predicted molar refractivity (Wildman–Crippen MR) is 168 cm³/mol. The number of thiophene rings is 1. The third-order valence-electron chi connectivity index (χ3n) is 8.10. The van der Waals surface area contributed by atoms with E-state index in [1.165, 1.54) is 69.5 Å². The molecule has 182 valence electrons. The molecule has 2 nitrogen and oxygen atoms in total. The average Bonchev–Trinajstić information content (AvgIpc) is 3.64. The molecule has 0 fully saturated rings. The van der Waals surface area contributed by atoms with E-state index < -0.39 is 0 Å². The first kappa shape index (κ1) is 21.1. The summed E-state index contributed by atoms with van der Waals surface area (Å²) in [6.07, 6.45) is 0. The molecular formula is C36H22N2S. The third kappa shape index (κ3) is 2.85. The van der Waals surface area contributed by atoms with Crippen molar-refractivity contribution in [1.82, 2.24) is 9.13 Å². The summed E-state index contributed by atoms with van der Waals surface area (Å²) in [6, 6.07) is 48.6. The summed E-state index contributed by atoms with van der Waals surface area (Å²) in [5, 5.41) is 7.89. The molecule has 0 aliphatic heterocycles. The van der Waals surface area contributed by atoms with Gasteiger partial charge in [-0.15, -0.1) is 11.3 Å². The highest BCUT2D eigenvalue weighted by Gasteiger charge is 2.18. The molecule has 0 bridgehead atoms. The SMILES string of the molecule is c1cc(-n2c3ccccc3c3ccccc32)cc(-n2c3ccccc3c3c4c(ccc32)sc2ccccc24)c1. The van der Waals surface area contributed by atoms with Crippen LogP contribution >= 0.6 is 11.3 Å². The van der Waals surface area contributed by atoms with Crippen molar-refractivity contribution in [2.75, 3.05) is 0 Å². The number of nitrogens with zero attached hydrogens (tertiary/aromatic N) is 2. The van der Waals surface area contributed by atoms with Crippen molar-refractivity contribution in [3.05, 3.63) is 133 Å². The van der Waals surface area contributed by atoms with E-state index in [9.17, 15) is 0 Å². The number of hydrogen-bond acceptors (Lipinski definition) is 1. The smallest absolute Gasteiger partial charge is 0.0548 e. The Balaban J connectivity index is 1.38. The molecule has 0 radical (unpaired) electrons. The van der Waals surface area contributed by atoms with Gasteiger partial charge in [-0.25, -0.2) is 0 Å². The molecule has 0 spiro atoms. The molecular weight excluding hydrogens is 492 g/mol. The van der Waals surface area contributed by atoms with Crippen molar-refractivity contribution < 1.29 is 0 Å². The van der Waals surface area contributed by atoms with Gasteiger partial charge >= 0.3 is 0 Å². The highest BCUT2D eigenvalue weighted by molar-refractivity contribution is 7.26. The van der Waals surface area contributed by atoms with Gasteiger partial charge in [0.25, 0.3) is 0 Å². The van der Waals surface area contributed by atoms with Crippen LogP contribution in [0, 0.1) is 0 Å². The Hall–Kier alpha value is -4.86. The van der Waals surface area contributed by atoms with Gasteiger partial charge in [-0.1, -0.05) is 78.9 Å². The standard InChI is InChI=1S/C36H22N2S/c1-5-16-29-25(12-1)26-13-2-6-17-30(26)37(29)23-10-9-11-24(22-23)38-31-18-7-3-14-27(31)35-32(38)20-21-34-36(35)28-15-4-8-19-33(28)39-34/h1-22H. The van der Waals surface area contributed by atoms with Crippen molar-refractivity contribution in [2.24, 2.45) is 0 Å². The van der Waals surface area contributed by atoms with Gasteiger partial charge in [0, 0.05) is 53.1 Å². The minimum absolute atomic E-state index is 1.16. The molecule has 0 saturated carbocycles. The molecule has 9 aromatic rings. The van der Waals surface area contributed by atoms with Crippen molar-refractivity contribution in [1.29, 1.82) is 0 Å². The minimum atomic E-state index is 1.16. The minimum Gasteiger partial charge on any atom is -0.309 e. The molecule has 0 amide bonds. The van der Waals surface area contributed by atoms with Crippen LogP contribution in [0.5, 0.6) is 0 Å². The Morgan fingerprint density at radius 1 is 0.359 bits per heavy atom. The number of para-hydroxylation sites is 3. The van der Waals surface area contributed by atoms with Crippen molar-refractivity contribution in [3.63, 3.8) is 0 Å². The molecule has 0 aliphatic carbocycles. The number of benzene rings is 6. The summed E-state index contributed by atoms with van der Waals surface area (Å²) in [6.45, 7) is 0. The molecule has 3 heteroatoms. The van der Waals surface area contributed by atoms with E-state index >= 15 is 0 Å². The lowest BCUT2D eigenvalue weighted by atomic mass is 10.1. The number of fused-ring (bicyclic) bond motifs is 10. The monoisotopic (exact) mass is 514 g/mol. The van der Waals surface area contributed by atoms with Crippen molar-refractivity contribution in [2.45, 2.75) is 0 Å². The van der Waals surface area contributed by atoms with Crippen molar-refractivity contribution in [3.8, 4) is 11.4 Å². The molecule has 0 N–H and O–H groups in total. The van der Waals surface area contributed by atoms with Gasteiger partial charge in [0.1, 0.15) is 0 Å². The first-order valence-electron chi connectivity index (χ1n) is 13.3. The van der Waals surface area contributed by atoms with Gasteiger partial charge in [-0.2, -0.15) is 0 Å². The van der Waals surface area contributed by atoms with Crippen LogP contribution in [0.3, 0.4) is 0 Å². The molecule has 6 aromatic carbocycles. The fourth-order valence-corrected chi connectivity index (χ4v) is 7.64. The summed E-state index contributed by atoms with van der Waals surface area (Å²) in [7, 11) is 0. The average molecular weight is 515 g/mol. The summed E-state index contributed by atoms with van der Waals surface area (Å²) < 4.78 is 7.51. The van der Waals surface area contributed by atoms with Crippen LogP contribution in [0.1, 0.15) is 0 Å². The molecule has 9 rings (SSSR count). The zero-order chi connectivity index (χ0) is 25.5. The van der Waals surface area contributed by atoms with E-state index in [-0.39, 0.29) is 0 Å². The summed E-state index contributed by atoms with van der Waals surface area (Å²) in [5.41, 5.74) is 7.26. The Labute approximate surface area is 228 Å². The Morgan fingerprint density at radius 3 is 1.59 bits per heavy atom. The molecule has 0 atom stereocenters. The maximum Gasteiger partial charge on any atom is 0.0548 e. The van der Waals surface area contributed by atoms with E-state index in [0.29, 0.717) is 0 Å². The lowest BCUT2D eigenvalue weighted by molar-refractivity contribution is 1.13. The highest BCUT2D eigenvalue weighted by atomic mass is 32.1. The van der Waals surface area contributed by atoms with Crippen LogP contribution in [-0.4, -0.2) is 9.13 Å². The second-order valence-corrected chi connectivity index (χ2v) is 11.3. The van der Waals surface area contributed by atoms with Crippen LogP contribution < -0.4 is 0 Å². The highest BCUT2D eigenvalue weighted by Crippen LogP contribution is 2.43. The fraction of sp³-hybridized carbons (Fsp3) is 0. The van der Waals surface area contributed by atoms with Crippen LogP contribution in [0.4, 0.5) is 0 Å². The largest absolute Gasteiger partial charge is 0.309 e. The number of aromatic nitrogens is 2. The third-order valence-corrected chi connectivity index (χ3v) is 9.24. The lowest BCUT2D eigenvalue weighted by Gasteiger charge is -2.12. The van der Waals surface area contributed by atoms with E-state index in [1.54, 1.807) is 0 Å². The molecule has 3 heterocycles. The topological polar surface area (TPSA) is 9.86 Å². The number of rotatable bonds is 2. The quantitative estimate of drug-likeness (QED) is 0.217. The summed E-state index contributed by atoms with van der Waals surface area (Å²) >= 11 is 1.88. The van der Waals surface area contributed by atoms with Gasteiger partial charge in [0.15, 0.2) is 0 Å². The number of hydrogen-bond donors (Lipinski definition) is 0. The summed E-state index contributed by atoms with van der Waals surface area (Å²) in [5.74, 6) is 0. The molecule has 0 saturated heterocycles. The van der Waals surface area contributed by atoms with Crippen molar-refractivity contribution >= 4 is 75.1 Å². The molecule has 39 heavy (non-hydrogen) atoms. The fourth-order valence-electron chi connectivity index (χ4n) is 6.52. The van der Waals surface area contributed by atoms with Crippen LogP contribution in [-0.2, 0) is 0 Å². The van der Waals surface area contributed by atoms with Gasteiger partial charge in [-0.05, 0) is 54.6 Å². The second kappa shape index (κ2) is 7.83. The first-order chi connectivity index (χ1) is 19.4. The molecule has 0 unspecified atom stereocenters. The molecule has 3 aromatic heterocycles. The Bertz CT molecular complexity index is 2350. The van der Waals surface area contributed by atoms with E-state index in [2.05, 4.69) is 143 Å². The maximum absolute atomic E-state index is 2.44. The van der Waals surface area contributed by atoms with E-state index in [1.807, 2.05) is 11.3 Å². The van der Waals surface area contributed by atoms with Gasteiger partial charge in [-0.3, -0.25) is 0 Å². The van der Waals surface area contributed by atoms with E-state index in [0.717, 1.165) is 5.69 Å². The van der Waals surface area contributed by atoms with E-state index in [4.69, 9.17) is 0 Å². The Morgan fingerprint density at radius 2 is 0.897 bits per heavy atom. The summed E-state index contributed by atoms with van der Waals surface area (Å²) in [4.78, 5) is 0. The van der Waals surface area contributed by atoms with Crippen LogP contribution in [0.2, 0.25) is 0 Å². The second-order valence-electron chi connectivity index (χ2n) is 10.2. The van der Waals surface area contributed by atoms with Gasteiger partial charge in [0.2, 0.25) is 0 Å². The predicted octanol–water partition coefficient (Wildman–Crippen LogP) is 10.2.